The predicted octanol–water partition coefficient (Wildman–Crippen LogP) is 3.30. The van der Waals surface area contributed by atoms with E-state index in [0.717, 1.165) is 11.8 Å². The van der Waals surface area contributed by atoms with Crippen molar-refractivity contribution < 1.29 is 5.11 Å². The molecule has 1 rings (SSSR count). The van der Waals surface area contributed by atoms with E-state index in [4.69, 9.17) is 5.11 Å². The molecular weight excluding hydrogens is 210 g/mol. The van der Waals surface area contributed by atoms with Gasteiger partial charge in [0.2, 0.25) is 0 Å². The van der Waals surface area contributed by atoms with Crippen molar-refractivity contribution in [1.29, 1.82) is 0 Å². The zero-order valence-electron chi connectivity index (χ0n) is 12.0. The zero-order chi connectivity index (χ0) is 12.7. The first kappa shape index (κ1) is 15.0. The first-order chi connectivity index (χ1) is 8.22. The van der Waals surface area contributed by atoms with Crippen LogP contribution < -0.4 is 0 Å². The van der Waals surface area contributed by atoms with Crippen LogP contribution in [-0.2, 0) is 0 Å². The van der Waals surface area contributed by atoms with E-state index >= 15 is 0 Å². The lowest BCUT2D eigenvalue weighted by molar-refractivity contribution is 0.00157. The maximum absolute atomic E-state index is 9.11. The van der Waals surface area contributed by atoms with Gasteiger partial charge in [0, 0.05) is 19.1 Å². The van der Waals surface area contributed by atoms with Crippen LogP contribution in [0.5, 0.6) is 0 Å². The van der Waals surface area contributed by atoms with Crippen molar-refractivity contribution in [2.75, 3.05) is 19.7 Å². The Kier molecular flexibility index (Phi) is 7.14. The molecule has 0 bridgehead atoms. The second kappa shape index (κ2) is 8.10. The standard InChI is InChI=1S/C15H31NO/c1-4-6-7-8-9-14(5-2)15-10-16(11-15)13(3)12-17/h13-15,17H,4-12H2,1-3H3/t13-,14?/m0/s1. The molecule has 0 spiro atoms. The van der Waals surface area contributed by atoms with Crippen molar-refractivity contribution in [2.24, 2.45) is 11.8 Å². The minimum absolute atomic E-state index is 0.306. The molecule has 1 unspecified atom stereocenters. The van der Waals surface area contributed by atoms with E-state index in [9.17, 15) is 0 Å². The lowest BCUT2D eigenvalue weighted by Gasteiger charge is -2.46. The molecule has 1 N–H and O–H groups in total. The van der Waals surface area contributed by atoms with Crippen LogP contribution in [0.2, 0.25) is 0 Å². The summed E-state index contributed by atoms with van der Waals surface area (Å²) in [6.07, 6.45) is 8.31. The van der Waals surface area contributed by atoms with Gasteiger partial charge >= 0.3 is 0 Å². The topological polar surface area (TPSA) is 23.5 Å². The van der Waals surface area contributed by atoms with E-state index in [-0.39, 0.29) is 0 Å². The van der Waals surface area contributed by atoms with Gasteiger partial charge in [-0.05, 0) is 18.8 Å². The minimum Gasteiger partial charge on any atom is -0.395 e. The van der Waals surface area contributed by atoms with Crippen LogP contribution in [0.25, 0.3) is 0 Å². The Labute approximate surface area is 107 Å². The third-order valence-corrected chi connectivity index (χ3v) is 4.45. The fourth-order valence-corrected chi connectivity index (χ4v) is 2.93. The van der Waals surface area contributed by atoms with E-state index in [1.54, 1.807) is 0 Å². The highest BCUT2D eigenvalue weighted by molar-refractivity contribution is 4.87. The Hall–Kier alpha value is -0.0800. The number of rotatable bonds is 9. The normalized spacial score (nSPS) is 21.2. The van der Waals surface area contributed by atoms with E-state index < -0.39 is 0 Å². The molecule has 0 aromatic carbocycles. The molecule has 1 fully saturated rings. The van der Waals surface area contributed by atoms with Crippen LogP contribution in [-0.4, -0.2) is 35.7 Å². The lowest BCUT2D eigenvalue weighted by atomic mass is 9.80. The fraction of sp³-hybridized carbons (Fsp3) is 1.00. The molecule has 0 aliphatic carbocycles. The average Bonchev–Trinajstić information content (AvgIpc) is 2.29. The molecule has 2 atom stereocenters. The summed E-state index contributed by atoms with van der Waals surface area (Å²) in [6.45, 7) is 9.47. The summed E-state index contributed by atoms with van der Waals surface area (Å²) in [4.78, 5) is 2.42. The van der Waals surface area contributed by atoms with Gasteiger partial charge in [0.15, 0.2) is 0 Å². The first-order valence-electron chi connectivity index (χ1n) is 7.57. The molecule has 0 aromatic rings. The SMILES string of the molecule is CCCCCCC(CC)C1CN([C@@H](C)CO)C1. The van der Waals surface area contributed by atoms with E-state index in [0.29, 0.717) is 12.6 Å². The lowest BCUT2D eigenvalue weighted by Crippen LogP contribution is -2.54. The highest BCUT2D eigenvalue weighted by atomic mass is 16.3. The van der Waals surface area contributed by atoms with Gasteiger partial charge in [-0.15, -0.1) is 0 Å². The number of aliphatic hydroxyl groups excluding tert-OH is 1. The van der Waals surface area contributed by atoms with Crippen molar-refractivity contribution in [3.8, 4) is 0 Å². The Balaban J connectivity index is 2.15. The minimum atomic E-state index is 0.306. The number of unbranched alkanes of at least 4 members (excludes halogenated alkanes) is 3. The van der Waals surface area contributed by atoms with Crippen molar-refractivity contribution in [1.82, 2.24) is 4.90 Å². The molecule has 1 heterocycles. The number of likely N-dealkylation sites (tertiary alicyclic amines) is 1. The van der Waals surface area contributed by atoms with Gasteiger partial charge in [0.05, 0.1) is 6.61 Å². The molecule has 102 valence electrons. The molecule has 0 aromatic heterocycles. The van der Waals surface area contributed by atoms with E-state index in [1.165, 1.54) is 51.6 Å². The highest BCUT2D eigenvalue weighted by Crippen LogP contribution is 2.31. The summed E-state index contributed by atoms with van der Waals surface area (Å²) >= 11 is 0. The van der Waals surface area contributed by atoms with Crippen LogP contribution in [0.3, 0.4) is 0 Å². The van der Waals surface area contributed by atoms with Gasteiger partial charge in [-0.25, -0.2) is 0 Å². The van der Waals surface area contributed by atoms with Gasteiger partial charge in [0.1, 0.15) is 0 Å². The number of hydrogen-bond donors (Lipinski definition) is 1. The second-order valence-electron chi connectivity index (χ2n) is 5.76. The second-order valence-corrected chi connectivity index (χ2v) is 5.76. The molecular formula is C15H31NO. The van der Waals surface area contributed by atoms with Crippen molar-refractivity contribution in [3.05, 3.63) is 0 Å². The molecule has 2 nitrogen and oxygen atoms in total. The smallest absolute Gasteiger partial charge is 0.0584 e. The van der Waals surface area contributed by atoms with Crippen molar-refractivity contribution in [2.45, 2.75) is 65.3 Å². The number of aliphatic hydroxyl groups is 1. The summed E-state index contributed by atoms with van der Waals surface area (Å²) in [7, 11) is 0. The first-order valence-corrected chi connectivity index (χ1v) is 7.57. The molecule has 17 heavy (non-hydrogen) atoms. The summed E-state index contributed by atoms with van der Waals surface area (Å²) < 4.78 is 0. The molecule has 1 aliphatic heterocycles. The maximum atomic E-state index is 9.11. The van der Waals surface area contributed by atoms with Crippen molar-refractivity contribution >= 4 is 0 Å². The van der Waals surface area contributed by atoms with Crippen LogP contribution in [0, 0.1) is 11.8 Å². The number of nitrogens with zero attached hydrogens (tertiary/aromatic N) is 1. The molecule has 0 radical (unpaired) electrons. The number of hydrogen-bond acceptors (Lipinski definition) is 2. The van der Waals surface area contributed by atoms with Gasteiger partial charge in [-0.3, -0.25) is 4.90 Å². The monoisotopic (exact) mass is 241 g/mol. The summed E-state index contributed by atoms with van der Waals surface area (Å²) in [6, 6.07) is 0.365. The van der Waals surface area contributed by atoms with E-state index in [1.807, 2.05) is 0 Å². The Morgan fingerprint density at radius 2 is 1.88 bits per heavy atom. The summed E-state index contributed by atoms with van der Waals surface area (Å²) in [5, 5.41) is 9.11. The van der Waals surface area contributed by atoms with Gasteiger partial charge in [-0.2, -0.15) is 0 Å². The van der Waals surface area contributed by atoms with Gasteiger partial charge in [0.25, 0.3) is 0 Å². The van der Waals surface area contributed by atoms with Crippen LogP contribution in [0.1, 0.15) is 59.3 Å². The van der Waals surface area contributed by atoms with Crippen LogP contribution in [0.15, 0.2) is 0 Å². The third-order valence-electron chi connectivity index (χ3n) is 4.45. The fourth-order valence-electron chi connectivity index (χ4n) is 2.93. The molecule has 0 saturated carbocycles. The molecule has 1 aliphatic rings. The zero-order valence-corrected chi connectivity index (χ0v) is 12.0. The molecule has 1 saturated heterocycles. The summed E-state index contributed by atoms with van der Waals surface area (Å²) in [5.74, 6) is 1.82. The third kappa shape index (κ3) is 4.59. The molecule has 2 heteroatoms. The van der Waals surface area contributed by atoms with Crippen LogP contribution >= 0.6 is 0 Å². The van der Waals surface area contributed by atoms with E-state index in [2.05, 4.69) is 25.7 Å². The van der Waals surface area contributed by atoms with Crippen molar-refractivity contribution in [3.63, 3.8) is 0 Å². The largest absolute Gasteiger partial charge is 0.395 e. The highest BCUT2D eigenvalue weighted by Gasteiger charge is 2.34. The Bertz CT molecular complexity index is 189. The quantitative estimate of drug-likeness (QED) is 0.626. The average molecular weight is 241 g/mol. The Morgan fingerprint density at radius 3 is 2.41 bits per heavy atom. The summed E-state index contributed by atoms with van der Waals surface area (Å²) in [5.41, 5.74) is 0. The van der Waals surface area contributed by atoms with Crippen LogP contribution in [0.4, 0.5) is 0 Å². The van der Waals surface area contributed by atoms with Gasteiger partial charge < -0.3 is 5.11 Å². The maximum Gasteiger partial charge on any atom is 0.0584 e. The van der Waals surface area contributed by atoms with Gasteiger partial charge in [-0.1, -0.05) is 52.4 Å². The Morgan fingerprint density at radius 1 is 1.18 bits per heavy atom. The predicted molar refractivity (Wildman–Crippen MR) is 74.2 cm³/mol. The molecule has 0 amide bonds.